The Balaban J connectivity index is 1.32. The lowest BCUT2D eigenvalue weighted by Crippen LogP contribution is -2.51. The predicted molar refractivity (Wildman–Crippen MR) is 114 cm³/mol. The molecular weight excluding hydrogens is 390 g/mol. The predicted octanol–water partition coefficient (Wildman–Crippen LogP) is 4.21. The molecule has 0 aromatic heterocycles. The van der Waals surface area contributed by atoms with Gasteiger partial charge < -0.3 is 15.0 Å². The molecule has 0 atom stereocenters. The molecule has 1 N–H and O–H groups in total. The van der Waals surface area contributed by atoms with Crippen LogP contribution >= 0.6 is 11.6 Å². The summed E-state index contributed by atoms with van der Waals surface area (Å²) in [6, 6.07) is 5.66. The van der Waals surface area contributed by atoms with E-state index < -0.39 is 0 Å². The average Bonchev–Trinajstić information content (AvgIpc) is 3.01. The number of ether oxygens (including phenoxy) is 1. The van der Waals surface area contributed by atoms with Crippen molar-refractivity contribution in [1.29, 1.82) is 0 Å². The van der Waals surface area contributed by atoms with E-state index in [2.05, 4.69) is 5.32 Å². The van der Waals surface area contributed by atoms with Gasteiger partial charge in [0.2, 0.25) is 5.91 Å². The minimum absolute atomic E-state index is 0.00808. The summed E-state index contributed by atoms with van der Waals surface area (Å²) in [5, 5.41) is 3.86. The molecule has 29 heavy (non-hydrogen) atoms. The van der Waals surface area contributed by atoms with Gasteiger partial charge in [-0.1, -0.05) is 37.3 Å². The molecule has 3 amide bonds. The largest absolute Gasteiger partial charge is 0.490 e. The van der Waals surface area contributed by atoms with Crippen LogP contribution in [0.5, 0.6) is 5.75 Å². The number of fused-ring (bicyclic) bond motifs is 1. The van der Waals surface area contributed by atoms with Crippen LogP contribution < -0.4 is 15.0 Å². The fourth-order valence-corrected chi connectivity index (χ4v) is 4.80. The molecule has 0 spiro atoms. The Morgan fingerprint density at radius 3 is 2.45 bits per heavy atom. The second-order valence-corrected chi connectivity index (χ2v) is 8.79. The number of carbonyl (C=O) groups excluding carboxylic acids is 2. The molecule has 2 fully saturated rings. The summed E-state index contributed by atoms with van der Waals surface area (Å²) in [5.74, 6) is 0.868. The van der Waals surface area contributed by atoms with Crippen LogP contribution in [0.2, 0.25) is 5.02 Å². The van der Waals surface area contributed by atoms with Crippen molar-refractivity contribution in [2.24, 2.45) is 5.92 Å². The van der Waals surface area contributed by atoms with Gasteiger partial charge >= 0.3 is 6.03 Å². The highest BCUT2D eigenvalue weighted by Gasteiger charge is 2.33. The molecule has 1 saturated carbocycles. The number of nitrogens with zero attached hydrogens (tertiary/aromatic N) is 2. The Morgan fingerprint density at radius 2 is 1.72 bits per heavy atom. The van der Waals surface area contributed by atoms with E-state index in [-0.39, 0.29) is 17.9 Å². The van der Waals surface area contributed by atoms with E-state index >= 15 is 0 Å². The number of nitrogens with one attached hydrogen (secondary N) is 1. The lowest BCUT2D eigenvalue weighted by molar-refractivity contribution is -0.127. The highest BCUT2D eigenvalue weighted by Crippen LogP contribution is 2.35. The van der Waals surface area contributed by atoms with Crippen LogP contribution in [0.4, 0.5) is 10.5 Å². The van der Waals surface area contributed by atoms with E-state index in [1.54, 1.807) is 23.1 Å². The van der Waals surface area contributed by atoms with Gasteiger partial charge in [-0.2, -0.15) is 0 Å². The van der Waals surface area contributed by atoms with Gasteiger partial charge in [0, 0.05) is 30.1 Å². The zero-order valence-corrected chi connectivity index (χ0v) is 17.6. The molecule has 1 aromatic rings. The Hall–Kier alpha value is -1.95. The van der Waals surface area contributed by atoms with E-state index in [1.807, 2.05) is 4.90 Å². The molecule has 2 aliphatic heterocycles. The third-order valence-electron chi connectivity index (χ3n) is 6.35. The molecule has 1 aromatic carbocycles. The van der Waals surface area contributed by atoms with Crippen molar-refractivity contribution in [2.75, 3.05) is 31.1 Å². The molecular formula is C22H30ClN3O3. The number of anilines is 1. The summed E-state index contributed by atoms with van der Waals surface area (Å²) in [4.78, 5) is 29.4. The maximum absolute atomic E-state index is 13.1. The number of piperidine rings is 1. The fourth-order valence-electron chi connectivity index (χ4n) is 4.64. The van der Waals surface area contributed by atoms with Crippen LogP contribution in [0.1, 0.15) is 51.4 Å². The monoisotopic (exact) mass is 419 g/mol. The molecule has 1 saturated heterocycles. The van der Waals surface area contributed by atoms with E-state index in [1.165, 1.54) is 25.7 Å². The van der Waals surface area contributed by atoms with E-state index in [4.69, 9.17) is 16.3 Å². The third kappa shape index (κ3) is 4.80. The van der Waals surface area contributed by atoms with E-state index in [0.717, 1.165) is 31.4 Å². The van der Waals surface area contributed by atoms with Crippen LogP contribution in [0, 0.1) is 5.92 Å². The number of likely N-dealkylation sites (tertiary alicyclic amines) is 1. The Bertz CT molecular complexity index is 741. The van der Waals surface area contributed by atoms with E-state index in [0.29, 0.717) is 43.1 Å². The molecule has 4 rings (SSSR count). The van der Waals surface area contributed by atoms with Gasteiger partial charge in [0.25, 0.3) is 0 Å². The standard InChI is InChI=1S/C22H30ClN3O3/c23-17-7-8-20-19(15-17)26(13-14-29-20)22(28)25-11-9-16(10-12-25)21(27)24-18-5-3-1-2-4-6-18/h7-8,15-16,18H,1-6,9-14H2,(H,24,27). The van der Waals surface area contributed by atoms with Gasteiger partial charge in [0.15, 0.2) is 0 Å². The van der Waals surface area contributed by atoms with Crippen molar-refractivity contribution < 1.29 is 14.3 Å². The minimum atomic E-state index is -0.0283. The first-order valence-corrected chi connectivity index (χ1v) is 11.3. The van der Waals surface area contributed by atoms with Crippen LogP contribution in [-0.4, -0.2) is 49.1 Å². The zero-order chi connectivity index (χ0) is 20.2. The van der Waals surface area contributed by atoms with Crippen LogP contribution in [0.3, 0.4) is 0 Å². The second kappa shape index (κ2) is 9.24. The van der Waals surface area contributed by atoms with Crippen molar-refractivity contribution >= 4 is 29.2 Å². The summed E-state index contributed by atoms with van der Waals surface area (Å²) in [6.07, 6.45) is 8.62. The van der Waals surface area contributed by atoms with Crippen LogP contribution in [0.15, 0.2) is 18.2 Å². The summed E-state index contributed by atoms with van der Waals surface area (Å²) in [5.41, 5.74) is 0.724. The van der Waals surface area contributed by atoms with Gasteiger partial charge in [0.1, 0.15) is 12.4 Å². The highest BCUT2D eigenvalue weighted by atomic mass is 35.5. The summed E-state index contributed by atoms with van der Waals surface area (Å²) in [6.45, 7) is 2.19. The van der Waals surface area contributed by atoms with Crippen molar-refractivity contribution in [3.8, 4) is 5.75 Å². The number of hydrogen-bond donors (Lipinski definition) is 1. The number of amides is 3. The number of halogens is 1. The number of hydrogen-bond acceptors (Lipinski definition) is 3. The van der Waals surface area contributed by atoms with Crippen molar-refractivity contribution in [3.63, 3.8) is 0 Å². The summed E-state index contributed by atoms with van der Waals surface area (Å²) >= 11 is 6.12. The lowest BCUT2D eigenvalue weighted by atomic mass is 9.95. The molecule has 158 valence electrons. The first kappa shape index (κ1) is 20.3. The number of rotatable bonds is 2. The Labute approximate surface area is 177 Å². The quantitative estimate of drug-likeness (QED) is 0.730. The molecule has 0 unspecified atom stereocenters. The normalized spacial score (nSPS) is 21.1. The Morgan fingerprint density at radius 1 is 1.00 bits per heavy atom. The SMILES string of the molecule is O=C(NC1CCCCCC1)C1CCN(C(=O)N2CCOc3ccc(Cl)cc32)CC1. The molecule has 6 nitrogen and oxygen atoms in total. The first-order chi connectivity index (χ1) is 14.1. The zero-order valence-electron chi connectivity index (χ0n) is 16.9. The van der Waals surface area contributed by atoms with Crippen molar-refractivity contribution in [1.82, 2.24) is 10.2 Å². The number of urea groups is 1. The van der Waals surface area contributed by atoms with Crippen molar-refractivity contribution in [3.05, 3.63) is 23.2 Å². The fraction of sp³-hybridized carbons (Fsp3) is 0.636. The maximum atomic E-state index is 13.1. The summed E-state index contributed by atoms with van der Waals surface area (Å²) < 4.78 is 5.65. The van der Waals surface area contributed by atoms with Gasteiger partial charge in [-0.3, -0.25) is 9.69 Å². The highest BCUT2D eigenvalue weighted by molar-refractivity contribution is 6.31. The minimum Gasteiger partial charge on any atom is -0.490 e. The van der Waals surface area contributed by atoms with Gasteiger partial charge in [0.05, 0.1) is 12.2 Å². The molecule has 2 heterocycles. The van der Waals surface area contributed by atoms with E-state index in [9.17, 15) is 9.59 Å². The van der Waals surface area contributed by atoms with Gasteiger partial charge in [-0.05, 0) is 43.9 Å². The Kier molecular flexibility index (Phi) is 6.48. The number of carbonyl (C=O) groups is 2. The lowest BCUT2D eigenvalue weighted by Gasteiger charge is -2.37. The van der Waals surface area contributed by atoms with Gasteiger partial charge in [-0.25, -0.2) is 4.79 Å². The van der Waals surface area contributed by atoms with Crippen LogP contribution in [0.25, 0.3) is 0 Å². The second-order valence-electron chi connectivity index (χ2n) is 8.35. The van der Waals surface area contributed by atoms with Crippen LogP contribution in [-0.2, 0) is 4.79 Å². The van der Waals surface area contributed by atoms with Gasteiger partial charge in [-0.15, -0.1) is 0 Å². The van der Waals surface area contributed by atoms with Crippen molar-refractivity contribution in [2.45, 2.75) is 57.4 Å². The smallest absolute Gasteiger partial charge is 0.324 e. The molecule has 0 radical (unpaired) electrons. The molecule has 1 aliphatic carbocycles. The number of benzene rings is 1. The maximum Gasteiger partial charge on any atom is 0.324 e. The average molecular weight is 420 g/mol. The summed E-state index contributed by atoms with van der Waals surface area (Å²) in [7, 11) is 0. The molecule has 3 aliphatic rings. The molecule has 0 bridgehead atoms. The third-order valence-corrected chi connectivity index (χ3v) is 6.59. The first-order valence-electron chi connectivity index (χ1n) is 10.9. The molecule has 7 heteroatoms. The topological polar surface area (TPSA) is 61.9 Å².